The van der Waals surface area contributed by atoms with Crippen molar-refractivity contribution in [1.82, 2.24) is 9.88 Å². The second-order valence-electron chi connectivity index (χ2n) is 4.90. The largest absolute Gasteiger partial charge is 0.358 e. The van der Waals surface area contributed by atoms with Gasteiger partial charge in [-0.2, -0.15) is 0 Å². The Bertz CT molecular complexity index is 691. The summed E-state index contributed by atoms with van der Waals surface area (Å²) in [6, 6.07) is 7.40. The zero-order valence-corrected chi connectivity index (χ0v) is 13.2. The number of aromatic nitrogens is 1. The number of benzene rings is 1. The van der Waals surface area contributed by atoms with Gasteiger partial charge in [-0.1, -0.05) is 27.5 Å². The zero-order chi connectivity index (χ0) is 14.3. The first kappa shape index (κ1) is 13.6. The number of carbonyl (C=O) groups is 1. The van der Waals surface area contributed by atoms with E-state index in [1.807, 2.05) is 31.3 Å². The molecule has 1 aromatic carbocycles. The summed E-state index contributed by atoms with van der Waals surface area (Å²) in [5.41, 5.74) is 0.735. The fourth-order valence-corrected chi connectivity index (χ4v) is 3.25. The van der Waals surface area contributed by atoms with Crippen LogP contribution in [0, 0.1) is 0 Å². The molecule has 2 heterocycles. The molecule has 0 spiro atoms. The first-order valence-corrected chi connectivity index (χ1v) is 7.49. The number of nitrogens with zero attached hydrogens (tertiary/aromatic N) is 2. The number of pyridine rings is 1. The highest BCUT2D eigenvalue weighted by molar-refractivity contribution is 9.10. The molecule has 0 bridgehead atoms. The van der Waals surface area contributed by atoms with Crippen LogP contribution in [0.1, 0.15) is 6.42 Å². The molecule has 4 nitrogen and oxygen atoms in total. The maximum atomic E-state index is 11.9. The Morgan fingerprint density at radius 1 is 1.45 bits per heavy atom. The highest BCUT2D eigenvalue weighted by Crippen LogP contribution is 2.28. The van der Waals surface area contributed by atoms with Crippen molar-refractivity contribution in [1.29, 1.82) is 0 Å². The third kappa shape index (κ3) is 2.47. The highest BCUT2D eigenvalue weighted by atomic mass is 79.9. The maximum Gasteiger partial charge on any atom is 0.244 e. The standard InChI is InChI=1S/C14H13BrClN3O/c1-19-5-4-11(14(19)20)17-12-3-2-8-6-9(15)7-10(16)13(8)18-12/h2-3,6-7,11H,4-5H2,1H3,(H,17,18). The van der Waals surface area contributed by atoms with Crippen molar-refractivity contribution in [3.63, 3.8) is 0 Å². The summed E-state index contributed by atoms with van der Waals surface area (Å²) in [5.74, 6) is 0.782. The molecular formula is C14H13BrClN3O. The average Bonchev–Trinajstić information content (AvgIpc) is 2.71. The van der Waals surface area contributed by atoms with Gasteiger partial charge in [-0.15, -0.1) is 0 Å². The lowest BCUT2D eigenvalue weighted by molar-refractivity contribution is -0.127. The van der Waals surface area contributed by atoms with Gasteiger partial charge in [-0.05, 0) is 30.7 Å². The minimum atomic E-state index is -0.195. The van der Waals surface area contributed by atoms with Gasteiger partial charge in [0.15, 0.2) is 0 Å². The minimum absolute atomic E-state index is 0.105. The van der Waals surface area contributed by atoms with E-state index in [9.17, 15) is 4.79 Å². The summed E-state index contributed by atoms with van der Waals surface area (Å²) in [5, 5.41) is 4.74. The van der Waals surface area contributed by atoms with Gasteiger partial charge in [0.25, 0.3) is 0 Å². The van der Waals surface area contributed by atoms with Gasteiger partial charge in [0.2, 0.25) is 5.91 Å². The van der Waals surface area contributed by atoms with Gasteiger partial charge in [-0.25, -0.2) is 4.98 Å². The maximum absolute atomic E-state index is 11.9. The number of carbonyl (C=O) groups excluding carboxylic acids is 1. The fourth-order valence-electron chi connectivity index (χ4n) is 2.37. The molecule has 20 heavy (non-hydrogen) atoms. The van der Waals surface area contributed by atoms with E-state index in [2.05, 4.69) is 26.2 Å². The Balaban J connectivity index is 1.92. The molecule has 1 amide bonds. The van der Waals surface area contributed by atoms with E-state index >= 15 is 0 Å². The molecule has 3 rings (SSSR count). The number of fused-ring (bicyclic) bond motifs is 1. The molecule has 0 radical (unpaired) electrons. The van der Waals surface area contributed by atoms with Crippen LogP contribution >= 0.6 is 27.5 Å². The van der Waals surface area contributed by atoms with E-state index in [1.165, 1.54) is 0 Å². The van der Waals surface area contributed by atoms with Crippen molar-refractivity contribution in [3.8, 4) is 0 Å². The van der Waals surface area contributed by atoms with Gasteiger partial charge < -0.3 is 10.2 Å². The quantitative estimate of drug-likeness (QED) is 0.900. The number of nitrogens with one attached hydrogen (secondary N) is 1. The van der Waals surface area contributed by atoms with Gasteiger partial charge in [-0.3, -0.25) is 4.79 Å². The molecular weight excluding hydrogens is 342 g/mol. The highest BCUT2D eigenvalue weighted by Gasteiger charge is 2.29. The first-order chi connectivity index (χ1) is 9.54. The third-order valence-electron chi connectivity index (χ3n) is 3.46. The van der Waals surface area contributed by atoms with Crippen LogP contribution in [0.3, 0.4) is 0 Å². The number of anilines is 1. The van der Waals surface area contributed by atoms with Crippen LogP contribution in [-0.4, -0.2) is 35.4 Å². The van der Waals surface area contributed by atoms with Crippen molar-refractivity contribution in [3.05, 3.63) is 33.8 Å². The summed E-state index contributed by atoms with van der Waals surface area (Å²) in [4.78, 5) is 18.1. The molecule has 0 saturated carbocycles. The average molecular weight is 355 g/mol. The Kier molecular flexibility index (Phi) is 3.56. The topological polar surface area (TPSA) is 45.2 Å². The molecule has 1 atom stereocenters. The monoisotopic (exact) mass is 353 g/mol. The van der Waals surface area contributed by atoms with E-state index in [1.54, 1.807) is 4.90 Å². The molecule has 1 aromatic heterocycles. The predicted octanol–water partition coefficient (Wildman–Crippen LogP) is 3.29. The second kappa shape index (κ2) is 5.22. The van der Waals surface area contributed by atoms with Crippen LogP contribution in [0.4, 0.5) is 5.82 Å². The lowest BCUT2D eigenvalue weighted by atomic mass is 10.2. The van der Waals surface area contributed by atoms with Crippen molar-refractivity contribution >= 4 is 50.2 Å². The van der Waals surface area contributed by atoms with Crippen molar-refractivity contribution in [2.45, 2.75) is 12.5 Å². The summed E-state index contributed by atoms with van der Waals surface area (Å²) >= 11 is 9.62. The molecule has 1 aliphatic heterocycles. The summed E-state index contributed by atoms with van der Waals surface area (Å²) in [6.45, 7) is 0.776. The Labute approximate surface area is 130 Å². The molecule has 1 saturated heterocycles. The smallest absolute Gasteiger partial charge is 0.244 e. The fraction of sp³-hybridized carbons (Fsp3) is 0.286. The molecule has 1 aliphatic rings. The van der Waals surface area contributed by atoms with Crippen molar-refractivity contribution < 1.29 is 4.79 Å². The minimum Gasteiger partial charge on any atom is -0.358 e. The van der Waals surface area contributed by atoms with Crippen LogP contribution in [0.15, 0.2) is 28.7 Å². The van der Waals surface area contributed by atoms with Crippen LogP contribution in [-0.2, 0) is 4.79 Å². The summed E-state index contributed by atoms with van der Waals surface area (Å²) in [7, 11) is 1.81. The van der Waals surface area contributed by atoms with Crippen molar-refractivity contribution in [2.24, 2.45) is 0 Å². The number of likely N-dealkylation sites (tertiary alicyclic amines) is 1. The molecule has 1 unspecified atom stereocenters. The van der Waals surface area contributed by atoms with Gasteiger partial charge in [0.1, 0.15) is 11.9 Å². The second-order valence-corrected chi connectivity index (χ2v) is 6.22. The first-order valence-electron chi connectivity index (χ1n) is 6.32. The number of halogens is 2. The number of hydrogen-bond acceptors (Lipinski definition) is 3. The van der Waals surface area contributed by atoms with Crippen molar-refractivity contribution in [2.75, 3.05) is 18.9 Å². The molecule has 0 aliphatic carbocycles. The van der Waals surface area contributed by atoms with E-state index in [4.69, 9.17) is 11.6 Å². The van der Waals surface area contributed by atoms with E-state index in [0.29, 0.717) is 10.8 Å². The molecule has 1 N–H and O–H groups in total. The van der Waals surface area contributed by atoms with Crippen LogP contribution in [0.5, 0.6) is 0 Å². The zero-order valence-electron chi connectivity index (χ0n) is 10.9. The Morgan fingerprint density at radius 3 is 2.95 bits per heavy atom. The predicted molar refractivity (Wildman–Crippen MR) is 84.1 cm³/mol. The summed E-state index contributed by atoms with van der Waals surface area (Å²) < 4.78 is 0.921. The SMILES string of the molecule is CN1CCC(Nc2ccc3cc(Br)cc(Cl)c3n2)C1=O. The number of likely N-dealkylation sites (N-methyl/N-ethyl adjacent to an activating group) is 1. The lowest BCUT2D eigenvalue weighted by Gasteiger charge is -2.13. The normalized spacial score (nSPS) is 18.9. The van der Waals surface area contributed by atoms with E-state index in [-0.39, 0.29) is 11.9 Å². The van der Waals surface area contributed by atoms with Gasteiger partial charge in [0.05, 0.1) is 10.5 Å². The Morgan fingerprint density at radius 2 is 2.25 bits per heavy atom. The van der Waals surface area contributed by atoms with Gasteiger partial charge in [0, 0.05) is 23.5 Å². The van der Waals surface area contributed by atoms with E-state index in [0.717, 1.165) is 28.3 Å². The number of hydrogen-bond donors (Lipinski definition) is 1. The molecule has 104 valence electrons. The number of rotatable bonds is 2. The summed E-state index contributed by atoms with van der Waals surface area (Å²) in [6.07, 6.45) is 0.795. The van der Waals surface area contributed by atoms with Gasteiger partial charge >= 0.3 is 0 Å². The lowest BCUT2D eigenvalue weighted by Crippen LogP contribution is -2.31. The Hall–Kier alpha value is -1.33. The van der Waals surface area contributed by atoms with Crippen LogP contribution < -0.4 is 5.32 Å². The third-order valence-corrected chi connectivity index (χ3v) is 4.21. The molecule has 6 heteroatoms. The molecule has 2 aromatic rings. The van der Waals surface area contributed by atoms with Crippen LogP contribution in [0.2, 0.25) is 5.02 Å². The van der Waals surface area contributed by atoms with E-state index < -0.39 is 0 Å². The number of amides is 1. The van der Waals surface area contributed by atoms with Crippen LogP contribution in [0.25, 0.3) is 10.9 Å². The molecule has 1 fully saturated rings.